The third-order valence-corrected chi connectivity index (χ3v) is 3.10. The molecule has 1 heterocycles. The van der Waals surface area contributed by atoms with Crippen LogP contribution in [0, 0.1) is 0 Å². The molecule has 1 N–H and O–H groups in total. The topological polar surface area (TPSA) is 48.3 Å². The Labute approximate surface area is 119 Å². The van der Waals surface area contributed by atoms with Crippen LogP contribution in [0.1, 0.15) is 25.5 Å². The fourth-order valence-corrected chi connectivity index (χ4v) is 2.20. The molecule has 0 amide bonds. The molecule has 108 valence electrons. The molecule has 0 fully saturated rings. The van der Waals surface area contributed by atoms with E-state index < -0.39 is 0 Å². The van der Waals surface area contributed by atoms with Crippen LogP contribution < -0.4 is 14.8 Å². The highest BCUT2D eigenvalue weighted by Gasteiger charge is 2.17. The number of rotatable bonds is 6. The molecular weight excluding hydrogens is 254 g/mol. The SMILES string of the molecule is CCNC(C)c1c(OC)cccc1Oc1cnn(C)c1. The molecule has 0 radical (unpaired) electrons. The Hall–Kier alpha value is -2.01. The van der Waals surface area contributed by atoms with Gasteiger partial charge in [0.1, 0.15) is 11.5 Å². The number of ether oxygens (including phenoxy) is 2. The van der Waals surface area contributed by atoms with Crippen LogP contribution in [0.15, 0.2) is 30.6 Å². The van der Waals surface area contributed by atoms with Crippen molar-refractivity contribution in [2.45, 2.75) is 19.9 Å². The number of nitrogens with one attached hydrogen (secondary N) is 1. The first kappa shape index (κ1) is 14.4. The standard InChI is InChI=1S/C15H21N3O2/c1-5-16-11(2)15-13(19-4)7-6-8-14(15)20-12-9-17-18(3)10-12/h6-11,16H,5H2,1-4H3. The molecule has 0 spiro atoms. The molecule has 0 bridgehead atoms. The summed E-state index contributed by atoms with van der Waals surface area (Å²) >= 11 is 0. The van der Waals surface area contributed by atoms with Gasteiger partial charge in [-0.15, -0.1) is 0 Å². The van der Waals surface area contributed by atoms with Gasteiger partial charge in [-0.3, -0.25) is 4.68 Å². The first-order valence-electron chi connectivity index (χ1n) is 6.72. The quantitative estimate of drug-likeness (QED) is 0.880. The highest BCUT2D eigenvalue weighted by molar-refractivity contribution is 5.48. The molecule has 1 atom stereocenters. The van der Waals surface area contributed by atoms with E-state index in [2.05, 4.69) is 24.3 Å². The van der Waals surface area contributed by atoms with Crippen LogP contribution in [-0.2, 0) is 7.05 Å². The summed E-state index contributed by atoms with van der Waals surface area (Å²) in [5.74, 6) is 2.32. The first-order chi connectivity index (χ1) is 9.65. The maximum absolute atomic E-state index is 5.94. The average molecular weight is 275 g/mol. The first-order valence-corrected chi connectivity index (χ1v) is 6.72. The number of methoxy groups -OCH3 is 1. The largest absolute Gasteiger partial charge is 0.496 e. The summed E-state index contributed by atoms with van der Waals surface area (Å²) in [4.78, 5) is 0. The minimum atomic E-state index is 0.142. The molecule has 1 unspecified atom stereocenters. The predicted octanol–water partition coefficient (Wildman–Crippen LogP) is 2.89. The second-order valence-electron chi connectivity index (χ2n) is 4.60. The van der Waals surface area contributed by atoms with Gasteiger partial charge in [0, 0.05) is 13.1 Å². The van der Waals surface area contributed by atoms with E-state index in [4.69, 9.17) is 9.47 Å². The normalized spacial score (nSPS) is 12.2. The van der Waals surface area contributed by atoms with Gasteiger partial charge in [-0.1, -0.05) is 13.0 Å². The average Bonchev–Trinajstić information content (AvgIpc) is 2.84. The van der Waals surface area contributed by atoms with E-state index in [0.717, 1.165) is 23.6 Å². The van der Waals surface area contributed by atoms with Gasteiger partial charge in [-0.2, -0.15) is 5.10 Å². The summed E-state index contributed by atoms with van der Waals surface area (Å²) in [6.45, 7) is 5.05. The van der Waals surface area contributed by atoms with Crippen molar-refractivity contribution in [1.82, 2.24) is 15.1 Å². The maximum Gasteiger partial charge on any atom is 0.165 e. The predicted molar refractivity (Wildman–Crippen MR) is 78.4 cm³/mol. The van der Waals surface area contributed by atoms with Gasteiger partial charge in [0.2, 0.25) is 0 Å². The number of aromatic nitrogens is 2. The summed E-state index contributed by atoms with van der Waals surface area (Å²) in [5.41, 5.74) is 1.01. The van der Waals surface area contributed by atoms with E-state index in [1.54, 1.807) is 18.0 Å². The van der Waals surface area contributed by atoms with Crippen LogP contribution >= 0.6 is 0 Å². The summed E-state index contributed by atoms with van der Waals surface area (Å²) in [6.07, 6.45) is 3.53. The van der Waals surface area contributed by atoms with Crippen LogP contribution in [0.4, 0.5) is 0 Å². The lowest BCUT2D eigenvalue weighted by atomic mass is 10.1. The molecule has 0 aliphatic carbocycles. The Morgan fingerprint density at radius 3 is 2.70 bits per heavy atom. The lowest BCUT2D eigenvalue weighted by Gasteiger charge is -2.19. The molecule has 0 aliphatic heterocycles. The van der Waals surface area contributed by atoms with E-state index in [1.165, 1.54) is 0 Å². The number of hydrogen-bond donors (Lipinski definition) is 1. The second-order valence-corrected chi connectivity index (χ2v) is 4.60. The van der Waals surface area contributed by atoms with Crippen LogP contribution in [0.25, 0.3) is 0 Å². The third-order valence-electron chi connectivity index (χ3n) is 3.10. The van der Waals surface area contributed by atoms with E-state index >= 15 is 0 Å². The molecule has 2 rings (SSSR count). The molecule has 5 nitrogen and oxygen atoms in total. The van der Waals surface area contributed by atoms with E-state index in [0.29, 0.717) is 5.75 Å². The fourth-order valence-electron chi connectivity index (χ4n) is 2.20. The van der Waals surface area contributed by atoms with Crippen molar-refractivity contribution in [3.8, 4) is 17.2 Å². The zero-order valence-corrected chi connectivity index (χ0v) is 12.4. The number of benzene rings is 1. The van der Waals surface area contributed by atoms with Crippen LogP contribution in [-0.4, -0.2) is 23.4 Å². The summed E-state index contributed by atoms with van der Waals surface area (Å²) in [6, 6.07) is 5.95. The minimum Gasteiger partial charge on any atom is -0.496 e. The number of aryl methyl sites for hydroxylation is 1. The van der Waals surface area contributed by atoms with Gasteiger partial charge in [0.05, 0.1) is 25.1 Å². The summed E-state index contributed by atoms with van der Waals surface area (Å²) < 4.78 is 13.1. The minimum absolute atomic E-state index is 0.142. The van der Waals surface area contributed by atoms with Crippen molar-refractivity contribution in [3.63, 3.8) is 0 Å². The molecule has 0 saturated carbocycles. The molecule has 1 aromatic carbocycles. The van der Waals surface area contributed by atoms with Gasteiger partial charge < -0.3 is 14.8 Å². The third kappa shape index (κ3) is 3.11. The molecule has 0 saturated heterocycles. The van der Waals surface area contributed by atoms with Crippen LogP contribution in [0.5, 0.6) is 17.2 Å². The smallest absolute Gasteiger partial charge is 0.165 e. The Morgan fingerprint density at radius 2 is 2.10 bits per heavy atom. The maximum atomic E-state index is 5.94. The van der Waals surface area contributed by atoms with Crippen LogP contribution in [0.2, 0.25) is 0 Å². The molecular formula is C15H21N3O2. The highest BCUT2D eigenvalue weighted by atomic mass is 16.5. The summed E-state index contributed by atoms with van der Waals surface area (Å²) in [7, 11) is 3.53. The zero-order valence-electron chi connectivity index (χ0n) is 12.4. The van der Waals surface area contributed by atoms with Gasteiger partial charge in [0.15, 0.2) is 5.75 Å². The highest BCUT2D eigenvalue weighted by Crippen LogP contribution is 2.36. The van der Waals surface area contributed by atoms with E-state index in [9.17, 15) is 0 Å². The van der Waals surface area contributed by atoms with E-state index in [-0.39, 0.29) is 6.04 Å². The van der Waals surface area contributed by atoms with Crippen LogP contribution in [0.3, 0.4) is 0 Å². The van der Waals surface area contributed by atoms with Crippen molar-refractivity contribution in [1.29, 1.82) is 0 Å². The van der Waals surface area contributed by atoms with Gasteiger partial charge in [0.25, 0.3) is 0 Å². The van der Waals surface area contributed by atoms with Crippen molar-refractivity contribution < 1.29 is 9.47 Å². The molecule has 2 aromatic rings. The Balaban J connectivity index is 2.35. The van der Waals surface area contributed by atoms with Crippen molar-refractivity contribution >= 4 is 0 Å². The van der Waals surface area contributed by atoms with Crippen molar-refractivity contribution in [2.75, 3.05) is 13.7 Å². The Morgan fingerprint density at radius 1 is 1.35 bits per heavy atom. The monoisotopic (exact) mass is 275 g/mol. The second kappa shape index (κ2) is 6.43. The molecule has 0 aliphatic rings. The molecule has 5 heteroatoms. The van der Waals surface area contributed by atoms with Gasteiger partial charge in [-0.25, -0.2) is 0 Å². The zero-order chi connectivity index (χ0) is 14.5. The van der Waals surface area contributed by atoms with Gasteiger partial charge in [-0.05, 0) is 25.6 Å². The van der Waals surface area contributed by atoms with Crippen molar-refractivity contribution in [2.24, 2.45) is 7.05 Å². The van der Waals surface area contributed by atoms with Crippen molar-refractivity contribution in [3.05, 3.63) is 36.2 Å². The number of hydrogen-bond acceptors (Lipinski definition) is 4. The Kier molecular flexibility index (Phi) is 4.63. The van der Waals surface area contributed by atoms with Gasteiger partial charge >= 0.3 is 0 Å². The lowest BCUT2D eigenvalue weighted by molar-refractivity contribution is 0.391. The Bertz CT molecular complexity index is 566. The lowest BCUT2D eigenvalue weighted by Crippen LogP contribution is -2.19. The molecule has 20 heavy (non-hydrogen) atoms. The fraction of sp³-hybridized carbons (Fsp3) is 0.400. The molecule has 1 aromatic heterocycles. The number of nitrogens with zero attached hydrogens (tertiary/aromatic N) is 2. The van der Waals surface area contributed by atoms with E-state index in [1.807, 2.05) is 31.4 Å². The summed E-state index contributed by atoms with van der Waals surface area (Å²) in [5, 5.41) is 7.50.